The number of piperazine rings is 1. The summed E-state index contributed by atoms with van der Waals surface area (Å²) in [7, 11) is 0. The molecule has 2 aromatic rings. The van der Waals surface area contributed by atoms with E-state index >= 15 is 0 Å². The standard InChI is InChI=1S/C12H19N7/c1-10-16-17-12-11(15-5-9-19(10)12)14-4-8-18-6-2-13-3-7-18/h5,9,13H,2-4,6-8H2,1H3,(H,14,15). The van der Waals surface area contributed by atoms with Gasteiger partial charge in [0.05, 0.1) is 0 Å². The molecule has 0 spiro atoms. The normalized spacial score (nSPS) is 16.9. The van der Waals surface area contributed by atoms with Crippen molar-refractivity contribution >= 4 is 11.5 Å². The SMILES string of the molecule is Cc1nnc2c(NCCN3CCNCC3)nccn12. The number of hydrogen-bond acceptors (Lipinski definition) is 6. The lowest BCUT2D eigenvalue weighted by Crippen LogP contribution is -2.45. The van der Waals surface area contributed by atoms with Crippen LogP contribution in [0.3, 0.4) is 0 Å². The first-order valence-electron chi connectivity index (χ1n) is 6.68. The van der Waals surface area contributed by atoms with Crippen LogP contribution in [0.2, 0.25) is 0 Å². The molecule has 0 saturated carbocycles. The highest BCUT2D eigenvalue weighted by atomic mass is 15.3. The molecule has 0 amide bonds. The van der Waals surface area contributed by atoms with Crippen molar-refractivity contribution < 1.29 is 0 Å². The van der Waals surface area contributed by atoms with E-state index in [1.807, 2.05) is 17.5 Å². The van der Waals surface area contributed by atoms with Gasteiger partial charge in [-0.25, -0.2) is 4.98 Å². The Morgan fingerprint density at radius 1 is 1.32 bits per heavy atom. The van der Waals surface area contributed by atoms with Crippen molar-refractivity contribution in [1.82, 2.24) is 29.8 Å². The van der Waals surface area contributed by atoms with Crippen molar-refractivity contribution in [3.8, 4) is 0 Å². The third-order valence-electron chi connectivity index (χ3n) is 3.43. The summed E-state index contributed by atoms with van der Waals surface area (Å²) >= 11 is 0. The highest BCUT2D eigenvalue weighted by Crippen LogP contribution is 2.11. The summed E-state index contributed by atoms with van der Waals surface area (Å²) in [6, 6.07) is 0. The smallest absolute Gasteiger partial charge is 0.203 e. The molecule has 0 bridgehead atoms. The quantitative estimate of drug-likeness (QED) is 0.791. The van der Waals surface area contributed by atoms with Gasteiger partial charge in [-0.05, 0) is 6.92 Å². The molecule has 0 aromatic carbocycles. The van der Waals surface area contributed by atoms with Crippen LogP contribution < -0.4 is 10.6 Å². The van der Waals surface area contributed by atoms with Crippen molar-refractivity contribution in [2.24, 2.45) is 0 Å². The second-order valence-electron chi connectivity index (χ2n) is 4.74. The van der Waals surface area contributed by atoms with E-state index in [2.05, 4.69) is 30.7 Å². The second-order valence-corrected chi connectivity index (χ2v) is 4.74. The van der Waals surface area contributed by atoms with Crippen molar-refractivity contribution in [2.75, 3.05) is 44.6 Å². The first-order chi connectivity index (χ1) is 9.34. The van der Waals surface area contributed by atoms with Crippen LogP contribution in [0.15, 0.2) is 12.4 Å². The van der Waals surface area contributed by atoms with E-state index in [4.69, 9.17) is 0 Å². The third kappa shape index (κ3) is 2.66. The van der Waals surface area contributed by atoms with Crippen molar-refractivity contribution in [2.45, 2.75) is 6.92 Å². The molecule has 0 atom stereocenters. The molecule has 7 heteroatoms. The highest BCUT2D eigenvalue weighted by Gasteiger charge is 2.10. The van der Waals surface area contributed by atoms with Crippen LogP contribution in [-0.2, 0) is 0 Å². The molecule has 2 aromatic heterocycles. The van der Waals surface area contributed by atoms with Gasteiger partial charge in [-0.3, -0.25) is 9.30 Å². The number of nitrogens with zero attached hydrogens (tertiary/aromatic N) is 5. The Kier molecular flexibility index (Phi) is 3.56. The summed E-state index contributed by atoms with van der Waals surface area (Å²) in [5.41, 5.74) is 0.792. The third-order valence-corrected chi connectivity index (χ3v) is 3.43. The first kappa shape index (κ1) is 12.3. The topological polar surface area (TPSA) is 70.4 Å². The summed E-state index contributed by atoms with van der Waals surface area (Å²) in [5, 5.41) is 14.9. The molecule has 2 N–H and O–H groups in total. The molecule has 7 nitrogen and oxygen atoms in total. The van der Waals surface area contributed by atoms with Crippen molar-refractivity contribution in [3.63, 3.8) is 0 Å². The van der Waals surface area contributed by atoms with Gasteiger partial charge in [-0.15, -0.1) is 10.2 Å². The predicted molar refractivity (Wildman–Crippen MR) is 73.3 cm³/mol. The molecular formula is C12H19N7. The maximum atomic E-state index is 4.34. The number of hydrogen-bond donors (Lipinski definition) is 2. The predicted octanol–water partition coefficient (Wildman–Crippen LogP) is -0.250. The van der Waals surface area contributed by atoms with Crippen LogP contribution in [0.4, 0.5) is 5.82 Å². The molecule has 0 unspecified atom stereocenters. The van der Waals surface area contributed by atoms with Gasteiger partial charge in [0.1, 0.15) is 5.82 Å². The average molecular weight is 261 g/mol. The number of aromatic nitrogens is 4. The molecule has 19 heavy (non-hydrogen) atoms. The lowest BCUT2D eigenvalue weighted by molar-refractivity contribution is 0.249. The fraction of sp³-hybridized carbons (Fsp3) is 0.583. The Morgan fingerprint density at radius 2 is 2.16 bits per heavy atom. The number of aryl methyl sites for hydroxylation is 1. The summed E-state index contributed by atoms with van der Waals surface area (Å²) < 4.78 is 1.94. The lowest BCUT2D eigenvalue weighted by Gasteiger charge is -2.27. The Bertz CT molecular complexity index is 544. The molecule has 3 rings (SSSR count). The monoisotopic (exact) mass is 261 g/mol. The molecule has 1 saturated heterocycles. The minimum Gasteiger partial charge on any atom is -0.366 e. The van der Waals surface area contributed by atoms with Crippen molar-refractivity contribution in [1.29, 1.82) is 0 Å². The zero-order valence-electron chi connectivity index (χ0n) is 11.1. The van der Waals surface area contributed by atoms with E-state index in [1.54, 1.807) is 6.20 Å². The first-order valence-corrected chi connectivity index (χ1v) is 6.68. The van der Waals surface area contributed by atoms with Crippen LogP contribution in [0.5, 0.6) is 0 Å². The van der Waals surface area contributed by atoms with Gasteiger partial charge in [0.25, 0.3) is 0 Å². The molecule has 0 aliphatic carbocycles. The van der Waals surface area contributed by atoms with E-state index in [-0.39, 0.29) is 0 Å². The highest BCUT2D eigenvalue weighted by molar-refractivity contribution is 5.61. The molecule has 1 fully saturated rings. The number of anilines is 1. The van der Waals surface area contributed by atoms with Gasteiger partial charge in [-0.2, -0.15) is 0 Å². The largest absolute Gasteiger partial charge is 0.366 e. The van der Waals surface area contributed by atoms with Gasteiger partial charge in [0, 0.05) is 51.7 Å². The molecule has 102 valence electrons. The van der Waals surface area contributed by atoms with Crippen molar-refractivity contribution in [3.05, 3.63) is 18.2 Å². The van der Waals surface area contributed by atoms with E-state index in [9.17, 15) is 0 Å². The minimum absolute atomic E-state index is 0.792. The van der Waals surface area contributed by atoms with Gasteiger partial charge < -0.3 is 10.6 Å². The Morgan fingerprint density at radius 3 is 3.00 bits per heavy atom. The Balaban J connectivity index is 1.62. The summed E-state index contributed by atoms with van der Waals surface area (Å²) in [5.74, 6) is 1.68. The van der Waals surface area contributed by atoms with E-state index in [0.717, 1.165) is 56.6 Å². The minimum atomic E-state index is 0.792. The zero-order chi connectivity index (χ0) is 13.1. The van der Waals surface area contributed by atoms with Gasteiger partial charge in [0.15, 0.2) is 5.82 Å². The van der Waals surface area contributed by atoms with Gasteiger partial charge >= 0.3 is 0 Å². The molecule has 0 radical (unpaired) electrons. The van der Waals surface area contributed by atoms with Crippen LogP contribution in [-0.4, -0.2) is 63.8 Å². The molecular weight excluding hydrogens is 242 g/mol. The van der Waals surface area contributed by atoms with Gasteiger partial charge in [0.2, 0.25) is 5.65 Å². The average Bonchev–Trinajstić information content (AvgIpc) is 2.83. The summed E-state index contributed by atoms with van der Waals surface area (Å²) in [4.78, 5) is 6.78. The maximum Gasteiger partial charge on any atom is 0.203 e. The molecule has 3 heterocycles. The number of rotatable bonds is 4. The molecule has 1 aliphatic heterocycles. The van der Waals surface area contributed by atoms with E-state index in [1.165, 1.54) is 0 Å². The van der Waals surface area contributed by atoms with Gasteiger partial charge in [-0.1, -0.05) is 0 Å². The van der Waals surface area contributed by atoms with Crippen LogP contribution in [0.1, 0.15) is 5.82 Å². The Labute approximate surface area is 112 Å². The Hall–Kier alpha value is -1.73. The van der Waals surface area contributed by atoms with Crippen LogP contribution in [0.25, 0.3) is 5.65 Å². The van der Waals surface area contributed by atoms with E-state index in [0.29, 0.717) is 0 Å². The number of fused-ring (bicyclic) bond motifs is 1. The fourth-order valence-electron chi connectivity index (χ4n) is 2.33. The van der Waals surface area contributed by atoms with Crippen LogP contribution >= 0.6 is 0 Å². The maximum absolute atomic E-state index is 4.34. The second kappa shape index (κ2) is 5.50. The summed E-state index contributed by atoms with van der Waals surface area (Å²) in [6.07, 6.45) is 3.66. The zero-order valence-corrected chi connectivity index (χ0v) is 11.1. The fourth-order valence-corrected chi connectivity index (χ4v) is 2.33. The van der Waals surface area contributed by atoms with E-state index < -0.39 is 0 Å². The van der Waals surface area contributed by atoms with Crippen LogP contribution in [0, 0.1) is 6.92 Å². The number of nitrogens with one attached hydrogen (secondary N) is 2. The lowest BCUT2D eigenvalue weighted by atomic mass is 10.3. The molecule has 1 aliphatic rings. The summed E-state index contributed by atoms with van der Waals surface area (Å²) in [6.45, 7) is 8.22.